The van der Waals surface area contributed by atoms with Crippen LogP contribution in [0.3, 0.4) is 0 Å². The van der Waals surface area contributed by atoms with Gasteiger partial charge in [-0.25, -0.2) is 4.79 Å². The van der Waals surface area contributed by atoms with Crippen LogP contribution in [-0.4, -0.2) is 30.0 Å². The van der Waals surface area contributed by atoms with Crippen LogP contribution in [0.5, 0.6) is 0 Å². The van der Waals surface area contributed by atoms with E-state index in [0.717, 1.165) is 5.56 Å². The predicted octanol–water partition coefficient (Wildman–Crippen LogP) is 1.44. The molecule has 5 nitrogen and oxygen atoms in total. The summed E-state index contributed by atoms with van der Waals surface area (Å²) in [5.41, 5.74) is 4.20. The summed E-state index contributed by atoms with van der Waals surface area (Å²) >= 11 is 0. The molecule has 0 heterocycles. The fourth-order valence-corrected chi connectivity index (χ4v) is 1.43. The second-order valence-electron chi connectivity index (χ2n) is 5.64. The molecule has 1 aromatic carbocycles. The highest BCUT2D eigenvalue weighted by molar-refractivity contribution is 5.98. The summed E-state index contributed by atoms with van der Waals surface area (Å²) in [6.45, 7) is 5.18. The molecular formula is C15H21NO4. The topological polar surface area (TPSA) is 78.6 Å². The molecule has 0 amide bonds. The van der Waals surface area contributed by atoms with Crippen molar-refractivity contribution in [3.63, 3.8) is 0 Å². The average Bonchev–Trinajstić information content (AvgIpc) is 2.37. The van der Waals surface area contributed by atoms with Gasteiger partial charge in [0.25, 0.3) is 0 Å². The number of carbonyl (C=O) groups is 2. The number of benzene rings is 1. The van der Waals surface area contributed by atoms with Crippen molar-refractivity contribution in [2.24, 2.45) is 5.73 Å². The summed E-state index contributed by atoms with van der Waals surface area (Å²) in [7, 11) is 0. The molecule has 0 aliphatic rings. The van der Waals surface area contributed by atoms with Crippen LogP contribution in [0.15, 0.2) is 30.3 Å². The number of ether oxygens (including phenoxy) is 2. The van der Waals surface area contributed by atoms with Crippen molar-refractivity contribution >= 4 is 12.3 Å². The summed E-state index contributed by atoms with van der Waals surface area (Å²) < 4.78 is 10.5. The molecule has 20 heavy (non-hydrogen) atoms. The largest absolute Gasteiger partial charge is 0.458 e. The first-order valence-electron chi connectivity index (χ1n) is 6.37. The zero-order valence-corrected chi connectivity index (χ0v) is 12.1. The van der Waals surface area contributed by atoms with Crippen molar-refractivity contribution < 1.29 is 19.1 Å². The molecule has 110 valence electrons. The lowest BCUT2D eigenvalue weighted by Crippen LogP contribution is -2.56. The lowest BCUT2D eigenvalue weighted by atomic mass is 10.0. The number of hydrogen-bond acceptors (Lipinski definition) is 5. The summed E-state index contributed by atoms with van der Waals surface area (Å²) in [5.74, 6) is -0.784. The van der Waals surface area contributed by atoms with Gasteiger partial charge >= 0.3 is 5.97 Å². The Bertz CT molecular complexity index is 453. The highest BCUT2D eigenvalue weighted by Gasteiger charge is 2.38. The van der Waals surface area contributed by atoms with Gasteiger partial charge in [-0.2, -0.15) is 0 Å². The van der Waals surface area contributed by atoms with Crippen molar-refractivity contribution in [1.82, 2.24) is 0 Å². The number of carbonyl (C=O) groups excluding carboxylic acids is 2. The minimum Gasteiger partial charge on any atom is -0.458 e. The Hall–Kier alpha value is -1.72. The molecule has 1 atom stereocenters. The molecule has 0 aliphatic carbocycles. The third kappa shape index (κ3) is 5.11. The molecule has 0 radical (unpaired) electrons. The van der Waals surface area contributed by atoms with Crippen LogP contribution in [-0.2, 0) is 25.7 Å². The predicted molar refractivity (Wildman–Crippen MR) is 74.9 cm³/mol. The first-order valence-corrected chi connectivity index (χ1v) is 6.37. The normalized spacial score (nSPS) is 14.4. The molecule has 0 spiro atoms. The summed E-state index contributed by atoms with van der Waals surface area (Å²) in [6.07, 6.45) is 0.367. The minimum atomic E-state index is -1.78. The zero-order valence-electron chi connectivity index (χ0n) is 12.1. The van der Waals surface area contributed by atoms with Crippen molar-refractivity contribution in [2.75, 3.05) is 6.61 Å². The summed E-state index contributed by atoms with van der Waals surface area (Å²) in [6, 6.07) is 9.41. The molecule has 1 rings (SSSR count). The third-order valence-electron chi connectivity index (χ3n) is 2.44. The summed E-state index contributed by atoms with van der Waals surface area (Å²) in [5, 5.41) is 0. The van der Waals surface area contributed by atoms with Crippen LogP contribution >= 0.6 is 0 Å². The van der Waals surface area contributed by atoms with Crippen LogP contribution in [0.1, 0.15) is 26.3 Å². The fraction of sp³-hybridized carbons (Fsp3) is 0.467. The lowest BCUT2D eigenvalue weighted by Gasteiger charge is -2.27. The van der Waals surface area contributed by atoms with Crippen LogP contribution in [0.25, 0.3) is 0 Å². The maximum absolute atomic E-state index is 11.9. The van der Waals surface area contributed by atoms with Gasteiger partial charge < -0.3 is 20.0 Å². The van der Waals surface area contributed by atoms with Gasteiger partial charge in [0.05, 0.1) is 13.2 Å². The average molecular weight is 279 g/mol. The fourth-order valence-electron chi connectivity index (χ4n) is 1.43. The van der Waals surface area contributed by atoms with Gasteiger partial charge in [0.1, 0.15) is 5.60 Å². The van der Waals surface area contributed by atoms with E-state index >= 15 is 0 Å². The molecule has 0 aliphatic heterocycles. The minimum absolute atomic E-state index is 0.222. The molecule has 0 saturated carbocycles. The van der Waals surface area contributed by atoms with E-state index < -0.39 is 17.1 Å². The Kier molecular flexibility index (Phi) is 5.42. The molecule has 0 aromatic heterocycles. The monoisotopic (exact) mass is 279 g/mol. The highest BCUT2D eigenvalue weighted by atomic mass is 16.6. The van der Waals surface area contributed by atoms with Crippen LogP contribution in [0, 0.1) is 0 Å². The van der Waals surface area contributed by atoms with E-state index in [1.807, 2.05) is 30.3 Å². The first kappa shape index (κ1) is 16.3. The molecule has 0 unspecified atom stereocenters. The smallest absolute Gasteiger partial charge is 0.336 e. The standard InChI is InChI=1S/C15H21NO4/c1-14(2,3)20-13(18)15(16,10-17)11-19-9-12-7-5-4-6-8-12/h4-8,10H,9,11,16H2,1-3H3/t15-/m1/s1. The number of aldehydes is 1. The number of esters is 1. The number of rotatable bonds is 6. The van der Waals surface area contributed by atoms with Gasteiger partial charge in [0.15, 0.2) is 11.8 Å². The van der Waals surface area contributed by atoms with E-state index in [1.54, 1.807) is 20.8 Å². The second kappa shape index (κ2) is 6.63. The quantitative estimate of drug-likeness (QED) is 0.484. The van der Waals surface area contributed by atoms with E-state index in [2.05, 4.69) is 0 Å². The van der Waals surface area contributed by atoms with Crippen LogP contribution in [0.4, 0.5) is 0 Å². The van der Waals surface area contributed by atoms with Crippen molar-refractivity contribution in [2.45, 2.75) is 38.5 Å². The third-order valence-corrected chi connectivity index (χ3v) is 2.44. The van der Waals surface area contributed by atoms with Crippen LogP contribution in [0.2, 0.25) is 0 Å². The van der Waals surface area contributed by atoms with Crippen molar-refractivity contribution in [3.05, 3.63) is 35.9 Å². The lowest BCUT2D eigenvalue weighted by molar-refractivity contribution is -0.164. The van der Waals surface area contributed by atoms with E-state index in [0.29, 0.717) is 6.29 Å². The molecule has 2 N–H and O–H groups in total. The Morgan fingerprint density at radius 3 is 2.35 bits per heavy atom. The van der Waals surface area contributed by atoms with Crippen LogP contribution < -0.4 is 5.73 Å². The Morgan fingerprint density at radius 2 is 1.85 bits per heavy atom. The highest BCUT2D eigenvalue weighted by Crippen LogP contribution is 2.13. The Morgan fingerprint density at radius 1 is 1.25 bits per heavy atom. The second-order valence-corrected chi connectivity index (χ2v) is 5.64. The maximum Gasteiger partial charge on any atom is 0.336 e. The van der Waals surface area contributed by atoms with E-state index in [9.17, 15) is 9.59 Å². The van der Waals surface area contributed by atoms with Crippen molar-refractivity contribution in [3.8, 4) is 0 Å². The van der Waals surface area contributed by atoms with Gasteiger partial charge in [0, 0.05) is 0 Å². The molecular weight excluding hydrogens is 258 g/mol. The SMILES string of the molecule is CC(C)(C)OC(=O)[C@@](N)(C=O)COCc1ccccc1. The van der Waals surface area contributed by atoms with E-state index in [4.69, 9.17) is 15.2 Å². The molecule has 0 saturated heterocycles. The van der Waals surface area contributed by atoms with Gasteiger partial charge in [-0.1, -0.05) is 30.3 Å². The zero-order chi connectivity index (χ0) is 15.2. The number of hydrogen-bond donors (Lipinski definition) is 1. The van der Waals surface area contributed by atoms with Gasteiger partial charge in [-0.3, -0.25) is 0 Å². The van der Waals surface area contributed by atoms with Gasteiger partial charge in [-0.05, 0) is 26.3 Å². The molecule has 0 bridgehead atoms. The number of nitrogens with two attached hydrogens (primary N) is 1. The molecule has 5 heteroatoms. The van der Waals surface area contributed by atoms with Crippen molar-refractivity contribution in [1.29, 1.82) is 0 Å². The maximum atomic E-state index is 11.9. The molecule has 1 aromatic rings. The Balaban J connectivity index is 2.57. The van der Waals surface area contributed by atoms with Gasteiger partial charge in [-0.15, -0.1) is 0 Å². The summed E-state index contributed by atoms with van der Waals surface area (Å²) in [4.78, 5) is 23.0. The van der Waals surface area contributed by atoms with E-state index in [1.165, 1.54) is 0 Å². The first-order chi connectivity index (χ1) is 9.27. The van der Waals surface area contributed by atoms with Gasteiger partial charge in [0.2, 0.25) is 0 Å². The Labute approximate surface area is 119 Å². The molecule has 0 fully saturated rings. The van der Waals surface area contributed by atoms with E-state index in [-0.39, 0.29) is 13.2 Å².